The van der Waals surface area contributed by atoms with E-state index in [9.17, 15) is 5.11 Å². The smallest absolute Gasteiger partial charge is 0.141 e. The van der Waals surface area contributed by atoms with Gasteiger partial charge >= 0.3 is 0 Å². The fourth-order valence-electron chi connectivity index (χ4n) is 4.51. The van der Waals surface area contributed by atoms with Crippen LogP contribution in [-0.2, 0) is 6.42 Å². The third kappa shape index (κ3) is 3.85. The van der Waals surface area contributed by atoms with E-state index in [1.165, 1.54) is 5.56 Å². The molecule has 3 fully saturated rings. The van der Waals surface area contributed by atoms with Gasteiger partial charge in [0.15, 0.2) is 0 Å². The molecule has 5 nitrogen and oxygen atoms in total. The van der Waals surface area contributed by atoms with Gasteiger partial charge in [0.05, 0.1) is 11.9 Å². The van der Waals surface area contributed by atoms with Crippen LogP contribution in [0.3, 0.4) is 0 Å². The van der Waals surface area contributed by atoms with Crippen LogP contribution in [0.25, 0.3) is 11.3 Å². The summed E-state index contributed by atoms with van der Waals surface area (Å²) in [4.78, 5) is 15.5. The van der Waals surface area contributed by atoms with Crippen LogP contribution in [0.2, 0.25) is 0 Å². The summed E-state index contributed by atoms with van der Waals surface area (Å²) in [5, 5.41) is 11.2. The van der Waals surface area contributed by atoms with E-state index in [2.05, 4.69) is 49.9 Å². The third-order valence-electron chi connectivity index (χ3n) is 6.19. The Bertz CT molecular complexity index is 1080. The summed E-state index contributed by atoms with van der Waals surface area (Å²) >= 11 is 0. The Balaban J connectivity index is 1.51. The maximum atomic E-state index is 11.2. The minimum Gasteiger partial charge on any atom is -0.376 e. The fourth-order valence-corrected chi connectivity index (χ4v) is 4.51. The van der Waals surface area contributed by atoms with Crippen molar-refractivity contribution in [2.24, 2.45) is 5.92 Å². The average molecular weight is 396 g/mol. The molecule has 2 aromatic heterocycles. The number of aliphatic hydroxyl groups is 1. The van der Waals surface area contributed by atoms with Crippen LogP contribution in [0.5, 0.6) is 0 Å². The molecule has 1 atom stereocenters. The lowest BCUT2D eigenvalue weighted by Crippen LogP contribution is -2.58. The van der Waals surface area contributed by atoms with Crippen LogP contribution in [0.15, 0.2) is 61.2 Å². The second kappa shape index (κ2) is 7.98. The van der Waals surface area contributed by atoms with Crippen molar-refractivity contribution in [2.75, 3.05) is 19.6 Å². The maximum Gasteiger partial charge on any atom is 0.141 e. The van der Waals surface area contributed by atoms with Gasteiger partial charge in [0.2, 0.25) is 0 Å². The Labute approximate surface area is 176 Å². The summed E-state index contributed by atoms with van der Waals surface area (Å²) in [7, 11) is 0. The van der Waals surface area contributed by atoms with Gasteiger partial charge in [-0.3, -0.25) is 14.9 Å². The zero-order chi connectivity index (χ0) is 20.4. The van der Waals surface area contributed by atoms with E-state index >= 15 is 0 Å². The molecular weight excluding hydrogens is 372 g/mol. The number of fused-ring (bicyclic) bond motifs is 3. The zero-order valence-corrected chi connectivity index (χ0v) is 16.8. The molecule has 0 radical (unpaired) electrons. The number of benzene rings is 1. The minimum atomic E-state index is -0.939. The molecule has 1 aromatic carbocycles. The largest absolute Gasteiger partial charge is 0.376 e. The van der Waals surface area contributed by atoms with Crippen molar-refractivity contribution in [3.63, 3.8) is 0 Å². The first-order chi connectivity index (χ1) is 14.7. The molecule has 0 spiro atoms. The molecule has 3 aliphatic heterocycles. The second-order valence-electron chi connectivity index (χ2n) is 8.21. The molecule has 0 aliphatic carbocycles. The molecule has 0 saturated carbocycles. The number of rotatable bonds is 3. The van der Waals surface area contributed by atoms with Gasteiger partial charge in [0.1, 0.15) is 11.3 Å². The lowest BCUT2D eigenvalue weighted by atomic mass is 9.76. The molecule has 6 rings (SSSR count). The summed E-state index contributed by atoms with van der Waals surface area (Å²) < 4.78 is 0. The average Bonchev–Trinajstić information content (AvgIpc) is 2.80. The van der Waals surface area contributed by atoms with E-state index in [4.69, 9.17) is 0 Å². The lowest BCUT2D eigenvalue weighted by Gasteiger charge is -2.47. The van der Waals surface area contributed by atoms with Crippen LogP contribution in [-0.4, -0.2) is 50.2 Å². The number of nitrogens with zero attached hydrogens (tertiary/aromatic N) is 4. The molecule has 5 heteroatoms. The number of hydrogen-bond donors (Lipinski definition) is 1. The van der Waals surface area contributed by atoms with Crippen molar-refractivity contribution in [3.05, 3.63) is 78.0 Å². The predicted octanol–water partition coefficient (Wildman–Crippen LogP) is 2.94. The van der Waals surface area contributed by atoms with Crippen LogP contribution in [0.4, 0.5) is 0 Å². The van der Waals surface area contributed by atoms with Gasteiger partial charge in [0, 0.05) is 43.0 Å². The van der Waals surface area contributed by atoms with Crippen molar-refractivity contribution in [2.45, 2.75) is 24.9 Å². The first kappa shape index (κ1) is 18.9. The van der Waals surface area contributed by atoms with E-state index in [0.29, 0.717) is 6.54 Å². The molecule has 1 N–H and O–H groups in total. The molecule has 150 valence electrons. The molecule has 2 bridgehead atoms. The van der Waals surface area contributed by atoms with Crippen LogP contribution >= 0.6 is 0 Å². The van der Waals surface area contributed by atoms with Crippen LogP contribution < -0.4 is 0 Å². The first-order valence-electron chi connectivity index (χ1n) is 10.5. The number of piperidine rings is 3. The minimum absolute atomic E-state index is 0.256. The van der Waals surface area contributed by atoms with Crippen LogP contribution in [0.1, 0.15) is 29.7 Å². The molecular formula is C25H24N4O. The second-order valence-corrected chi connectivity index (χ2v) is 8.21. The maximum absolute atomic E-state index is 11.2. The monoisotopic (exact) mass is 396 g/mol. The Morgan fingerprint density at radius 2 is 1.90 bits per heavy atom. The summed E-state index contributed by atoms with van der Waals surface area (Å²) in [5.74, 6) is 6.69. The molecule has 3 aromatic rings. The third-order valence-corrected chi connectivity index (χ3v) is 6.19. The highest BCUT2D eigenvalue weighted by molar-refractivity contribution is 5.60. The summed E-state index contributed by atoms with van der Waals surface area (Å²) in [6.07, 6.45) is 9.63. The van der Waals surface area contributed by atoms with E-state index < -0.39 is 5.60 Å². The molecule has 3 aliphatic rings. The van der Waals surface area contributed by atoms with Crippen LogP contribution in [0, 0.1) is 17.8 Å². The Kier molecular flexibility index (Phi) is 5.04. The number of aromatic nitrogens is 3. The normalized spacial score (nSPS) is 24.8. The zero-order valence-electron chi connectivity index (χ0n) is 16.8. The predicted molar refractivity (Wildman–Crippen MR) is 116 cm³/mol. The van der Waals surface area contributed by atoms with Gasteiger partial charge in [-0.25, -0.2) is 4.98 Å². The standard InChI is InChI=1S/C25H24N4O/c30-25(18-29-12-7-22(25)8-13-29)9-6-23-20(14-19-4-2-1-3-5-19)15-21(16-28-23)24-17-26-10-11-27-24/h1-5,10-11,15-17,22,30H,7-8,12-14,18H2. The van der Waals surface area contributed by atoms with Gasteiger partial charge in [-0.05, 0) is 49.0 Å². The molecule has 3 saturated heterocycles. The van der Waals surface area contributed by atoms with Gasteiger partial charge in [0.25, 0.3) is 0 Å². The van der Waals surface area contributed by atoms with Crippen molar-refractivity contribution in [1.29, 1.82) is 0 Å². The topological polar surface area (TPSA) is 62.1 Å². The van der Waals surface area contributed by atoms with Crippen molar-refractivity contribution in [1.82, 2.24) is 19.9 Å². The number of pyridine rings is 1. The van der Waals surface area contributed by atoms with Crippen molar-refractivity contribution >= 4 is 0 Å². The van der Waals surface area contributed by atoms with Gasteiger partial charge in [-0.2, -0.15) is 0 Å². The lowest BCUT2D eigenvalue weighted by molar-refractivity contribution is -0.0713. The molecule has 1 unspecified atom stereocenters. The highest BCUT2D eigenvalue weighted by Crippen LogP contribution is 2.35. The quantitative estimate of drug-likeness (QED) is 0.690. The van der Waals surface area contributed by atoms with Crippen molar-refractivity contribution in [3.8, 4) is 23.1 Å². The SMILES string of the molecule is OC1(C#Cc2ncc(-c3cnccn3)cc2Cc2ccccc2)CN2CCC1CC2. The van der Waals surface area contributed by atoms with Gasteiger partial charge in [-0.1, -0.05) is 36.3 Å². The van der Waals surface area contributed by atoms with Crippen molar-refractivity contribution < 1.29 is 5.11 Å². The highest BCUT2D eigenvalue weighted by Gasteiger charge is 2.44. The van der Waals surface area contributed by atoms with Gasteiger partial charge in [-0.15, -0.1) is 0 Å². The van der Waals surface area contributed by atoms with Gasteiger partial charge < -0.3 is 5.11 Å². The Hall–Kier alpha value is -3.07. The van der Waals surface area contributed by atoms with E-state index in [1.54, 1.807) is 24.8 Å². The fraction of sp³-hybridized carbons (Fsp3) is 0.320. The van der Waals surface area contributed by atoms with E-state index in [0.717, 1.165) is 54.9 Å². The highest BCUT2D eigenvalue weighted by atomic mass is 16.3. The number of hydrogen-bond acceptors (Lipinski definition) is 5. The summed E-state index contributed by atoms with van der Waals surface area (Å²) in [6.45, 7) is 2.77. The Morgan fingerprint density at radius 3 is 2.60 bits per heavy atom. The summed E-state index contributed by atoms with van der Waals surface area (Å²) in [6, 6.07) is 12.4. The molecule has 0 amide bonds. The van der Waals surface area contributed by atoms with E-state index in [-0.39, 0.29) is 5.92 Å². The first-order valence-corrected chi connectivity index (χ1v) is 10.5. The van der Waals surface area contributed by atoms with E-state index in [1.807, 2.05) is 18.2 Å². The Morgan fingerprint density at radius 1 is 1.07 bits per heavy atom. The molecule has 5 heterocycles. The molecule has 30 heavy (non-hydrogen) atoms. The summed E-state index contributed by atoms with van der Waals surface area (Å²) in [5.41, 5.74) is 3.71.